The van der Waals surface area contributed by atoms with Crippen LogP contribution in [0.1, 0.15) is 22.8 Å². The van der Waals surface area contributed by atoms with Crippen LogP contribution in [0.3, 0.4) is 0 Å². The maximum Gasteiger partial charge on any atom is 0.180 e. The Bertz CT molecular complexity index is 402. The van der Waals surface area contributed by atoms with Gasteiger partial charge in [0.25, 0.3) is 0 Å². The van der Waals surface area contributed by atoms with Crippen LogP contribution in [0.4, 0.5) is 0 Å². The molecule has 0 saturated heterocycles. The molecule has 1 rings (SSSR count). The number of benzene rings is 1. The van der Waals surface area contributed by atoms with Crippen molar-refractivity contribution in [2.45, 2.75) is 13.3 Å². The number of carbonyl (C=O) groups excluding carboxylic acids is 1. The molecule has 0 aliphatic heterocycles. The van der Waals surface area contributed by atoms with Crippen molar-refractivity contribution in [3.8, 4) is 11.5 Å². The Morgan fingerprint density at radius 1 is 1.29 bits per heavy atom. The monoisotopic (exact) mass is 237 g/mol. The van der Waals surface area contributed by atoms with Crippen molar-refractivity contribution in [2.75, 3.05) is 27.8 Å². The number of nitrogens with one attached hydrogen (secondary N) is 1. The first-order valence-electron chi connectivity index (χ1n) is 5.60. The van der Waals surface area contributed by atoms with Gasteiger partial charge in [0.1, 0.15) is 0 Å². The molecule has 1 N–H and O–H groups in total. The van der Waals surface area contributed by atoms with Crippen molar-refractivity contribution in [3.63, 3.8) is 0 Å². The molecule has 0 radical (unpaired) electrons. The van der Waals surface area contributed by atoms with Gasteiger partial charge in [-0.05, 0) is 31.2 Å². The predicted molar refractivity (Wildman–Crippen MR) is 67.2 cm³/mol. The smallest absolute Gasteiger partial charge is 0.180 e. The first-order valence-corrected chi connectivity index (χ1v) is 5.60. The van der Waals surface area contributed by atoms with Gasteiger partial charge in [-0.25, -0.2) is 0 Å². The van der Waals surface area contributed by atoms with E-state index in [9.17, 15) is 4.79 Å². The van der Waals surface area contributed by atoms with E-state index >= 15 is 0 Å². The minimum atomic E-state index is -0.00190. The maximum absolute atomic E-state index is 12.0. The quantitative estimate of drug-likeness (QED) is 0.764. The lowest BCUT2D eigenvalue weighted by molar-refractivity contribution is 0.0990. The van der Waals surface area contributed by atoms with E-state index in [1.54, 1.807) is 21.3 Å². The van der Waals surface area contributed by atoms with Crippen LogP contribution in [0.15, 0.2) is 12.1 Å². The third kappa shape index (κ3) is 2.97. The number of Topliss-reactive ketones (excluding diaryl/α,β-unsaturated/α-hetero) is 1. The van der Waals surface area contributed by atoms with E-state index < -0.39 is 0 Å². The molecule has 0 spiro atoms. The van der Waals surface area contributed by atoms with Gasteiger partial charge in [0.2, 0.25) is 0 Å². The highest BCUT2D eigenvalue weighted by Crippen LogP contribution is 2.33. The third-order valence-corrected chi connectivity index (χ3v) is 2.58. The second kappa shape index (κ2) is 6.25. The van der Waals surface area contributed by atoms with E-state index in [0.29, 0.717) is 17.1 Å². The number of methoxy groups -OCH3 is 2. The van der Waals surface area contributed by atoms with Gasteiger partial charge >= 0.3 is 0 Å². The van der Waals surface area contributed by atoms with Gasteiger partial charge in [-0.3, -0.25) is 4.79 Å². The van der Waals surface area contributed by atoms with Crippen molar-refractivity contribution >= 4 is 5.78 Å². The second-order valence-electron chi connectivity index (χ2n) is 3.69. The number of ether oxygens (including phenoxy) is 2. The fraction of sp³-hybridized carbons (Fsp3) is 0.462. The van der Waals surface area contributed by atoms with Crippen molar-refractivity contribution < 1.29 is 14.3 Å². The van der Waals surface area contributed by atoms with Gasteiger partial charge in [-0.15, -0.1) is 0 Å². The minimum absolute atomic E-state index is 0.00190. The zero-order valence-electron chi connectivity index (χ0n) is 10.8. The molecule has 1 aromatic rings. The van der Waals surface area contributed by atoms with E-state index in [0.717, 1.165) is 12.0 Å². The lowest BCUT2D eigenvalue weighted by Gasteiger charge is -2.13. The second-order valence-corrected chi connectivity index (χ2v) is 3.69. The highest BCUT2D eigenvalue weighted by Gasteiger charge is 2.17. The van der Waals surface area contributed by atoms with E-state index in [2.05, 4.69) is 5.32 Å². The van der Waals surface area contributed by atoms with Crippen LogP contribution in [-0.2, 0) is 6.42 Å². The topological polar surface area (TPSA) is 47.6 Å². The summed E-state index contributed by atoms with van der Waals surface area (Å²) in [7, 11) is 4.86. The van der Waals surface area contributed by atoms with Gasteiger partial charge < -0.3 is 14.8 Å². The van der Waals surface area contributed by atoms with Crippen LogP contribution in [0.5, 0.6) is 11.5 Å². The van der Waals surface area contributed by atoms with Crippen LogP contribution in [0, 0.1) is 0 Å². The summed E-state index contributed by atoms with van der Waals surface area (Å²) < 4.78 is 10.5. The molecule has 0 bridgehead atoms. The zero-order valence-corrected chi connectivity index (χ0v) is 10.8. The molecule has 17 heavy (non-hydrogen) atoms. The molecule has 4 nitrogen and oxygen atoms in total. The Kier molecular flexibility index (Phi) is 4.97. The van der Waals surface area contributed by atoms with Crippen LogP contribution in [-0.4, -0.2) is 33.6 Å². The largest absolute Gasteiger partial charge is 0.493 e. The van der Waals surface area contributed by atoms with E-state index in [4.69, 9.17) is 9.47 Å². The summed E-state index contributed by atoms with van der Waals surface area (Å²) >= 11 is 0. The van der Waals surface area contributed by atoms with Gasteiger partial charge in [0.15, 0.2) is 17.3 Å². The molecule has 0 atom stereocenters. The van der Waals surface area contributed by atoms with E-state index in [1.165, 1.54) is 0 Å². The number of aryl methyl sites for hydroxylation is 1. The number of likely N-dealkylation sites (N-methyl/N-ethyl adjacent to an activating group) is 1. The Morgan fingerprint density at radius 2 is 2.00 bits per heavy atom. The van der Waals surface area contributed by atoms with Crippen molar-refractivity contribution in [3.05, 3.63) is 23.3 Å². The summed E-state index contributed by atoms with van der Waals surface area (Å²) in [6, 6.07) is 3.76. The Hall–Kier alpha value is -1.55. The van der Waals surface area contributed by atoms with Crippen molar-refractivity contribution in [1.29, 1.82) is 0 Å². The molecule has 94 valence electrons. The standard InChI is InChI=1S/C13H19NO3/c1-5-9-6-10(11(15)8-14-2)13(17-4)12(7-9)16-3/h6-7,14H,5,8H2,1-4H3. The highest BCUT2D eigenvalue weighted by molar-refractivity contribution is 6.01. The predicted octanol–water partition coefficient (Wildman–Crippen LogP) is 1.67. The lowest BCUT2D eigenvalue weighted by atomic mass is 10.0. The maximum atomic E-state index is 12.0. The number of hydrogen-bond donors (Lipinski definition) is 1. The summed E-state index contributed by atoms with van der Waals surface area (Å²) in [5.41, 5.74) is 1.63. The molecular formula is C13H19NO3. The van der Waals surface area contributed by atoms with Crippen LogP contribution >= 0.6 is 0 Å². The van der Waals surface area contributed by atoms with Crippen LogP contribution in [0.25, 0.3) is 0 Å². The van der Waals surface area contributed by atoms with Gasteiger partial charge in [-0.1, -0.05) is 6.92 Å². The summed E-state index contributed by atoms with van der Waals surface area (Å²) in [4.78, 5) is 12.0. The molecule has 0 fully saturated rings. The first kappa shape index (κ1) is 13.5. The summed E-state index contributed by atoms with van der Waals surface area (Å²) in [6.45, 7) is 2.32. The Labute approximate surface area is 102 Å². The minimum Gasteiger partial charge on any atom is -0.493 e. The molecule has 0 aromatic heterocycles. The molecule has 0 aliphatic rings. The number of carbonyl (C=O) groups is 1. The molecule has 1 aromatic carbocycles. The summed E-state index contributed by atoms with van der Waals surface area (Å²) in [5, 5.41) is 2.85. The molecule has 4 heteroatoms. The van der Waals surface area contributed by atoms with Crippen LogP contribution < -0.4 is 14.8 Å². The van der Waals surface area contributed by atoms with E-state index in [-0.39, 0.29) is 12.3 Å². The highest BCUT2D eigenvalue weighted by atomic mass is 16.5. The number of rotatable bonds is 6. The molecular weight excluding hydrogens is 218 g/mol. The number of ketones is 1. The van der Waals surface area contributed by atoms with Gasteiger partial charge in [0.05, 0.1) is 26.3 Å². The molecule has 0 heterocycles. The molecule has 0 unspecified atom stereocenters. The Balaban J connectivity index is 3.28. The van der Waals surface area contributed by atoms with E-state index in [1.807, 2.05) is 19.1 Å². The number of hydrogen-bond acceptors (Lipinski definition) is 4. The van der Waals surface area contributed by atoms with Gasteiger partial charge in [0, 0.05) is 0 Å². The molecule has 0 saturated carbocycles. The van der Waals surface area contributed by atoms with Crippen molar-refractivity contribution in [1.82, 2.24) is 5.32 Å². The molecule has 0 amide bonds. The Morgan fingerprint density at radius 3 is 2.47 bits per heavy atom. The van der Waals surface area contributed by atoms with Crippen LogP contribution in [0.2, 0.25) is 0 Å². The average Bonchev–Trinajstić information content (AvgIpc) is 2.37. The van der Waals surface area contributed by atoms with Crippen molar-refractivity contribution in [2.24, 2.45) is 0 Å². The summed E-state index contributed by atoms with van der Waals surface area (Å²) in [5.74, 6) is 1.11. The average molecular weight is 237 g/mol. The first-order chi connectivity index (χ1) is 8.17. The molecule has 0 aliphatic carbocycles. The zero-order chi connectivity index (χ0) is 12.8. The SMILES string of the molecule is CCc1cc(OC)c(OC)c(C(=O)CNC)c1. The normalized spacial score (nSPS) is 10.1. The summed E-state index contributed by atoms with van der Waals surface area (Å²) in [6.07, 6.45) is 0.847. The van der Waals surface area contributed by atoms with Gasteiger partial charge in [-0.2, -0.15) is 0 Å². The third-order valence-electron chi connectivity index (χ3n) is 2.58. The lowest BCUT2D eigenvalue weighted by Crippen LogP contribution is -2.19. The fourth-order valence-corrected chi connectivity index (χ4v) is 1.69. The fourth-order valence-electron chi connectivity index (χ4n) is 1.69.